The first-order chi connectivity index (χ1) is 13.1. The van der Waals surface area contributed by atoms with Crippen LogP contribution in [-0.4, -0.2) is 39.1 Å². The van der Waals surface area contributed by atoms with Crippen molar-refractivity contribution in [1.82, 2.24) is 14.9 Å². The smallest absolute Gasteiger partial charge is 0.254 e. The second-order valence-electron chi connectivity index (χ2n) is 7.37. The van der Waals surface area contributed by atoms with E-state index in [0.29, 0.717) is 11.2 Å². The second kappa shape index (κ2) is 7.77. The lowest BCUT2D eigenvalue weighted by atomic mass is 9.89. The Morgan fingerprint density at radius 2 is 1.96 bits per heavy atom. The van der Waals surface area contributed by atoms with Crippen LogP contribution in [0.25, 0.3) is 11.0 Å². The van der Waals surface area contributed by atoms with Gasteiger partial charge in [0.25, 0.3) is 5.91 Å². The minimum atomic E-state index is 0.165. The Kier molecular flexibility index (Phi) is 5.21. The maximum atomic E-state index is 13.1. The molecule has 2 aromatic heterocycles. The van der Waals surface area contributed by atoms with Gasteiger partial charge in [-0.1, -0.05) is 26.0 Å². The van der Waals surface area contributed by atoms with E-state index in [4.69, 9.17) is 0 Å². The number of likely N-dealkylation sites (tertiary alicyclic amines) is 1. The molecule has 140 valence electrons. The lowest BCUT2D eigenvalue weighted by Crippen LogP contribution is -2.38. The van der Waals surface area contributed by atoms with Crippen molar-refractivity contribution in [2.75, 3.05) is 13.1 Å². The molecule has 0 atom stereocenters. The molecule has 1 aliphatic rings. The monoisotopic (exact) mass is 379 g/mol. The molecule has 0 spiro atoms. The number of H-pyrrole nitrogens is 1. The minimum Gasteiger partial charge on any atom is -0.346 e. The Labute approximate surface area is 164 Å². The number of nitrogens with one attached hydrogen (secondary N) is 1. The van der Waals surface area contributed by atoms with Gasteiger partial charge in [-0.3, -0.25) is 4.79 Å². The first-order valence-corrected chi connectivity index (χ1v) is 10.5. The van der Waals surface area contributed by atoms with E-state index >= 15 is 0 Å². The molecule has 0 radical (unpaired) electrons. The lowest BCUT2D eigenvalue weighted by molar-refractivity contribution is 0.0710. The zero-order valence-corrected chi connectivity index (χ0v) is 16.6. The fourth-order valence-corrected chi connectivity index (χ4v) is 4.83. The molecule has 0 bridgehead atoms. The van der Waals surface area contributed by atoms with E-state index < -0.39 is 0 Å². The van der Waals surface area contributed by atoms with Crippen molar-refractivity contribution in [1.29, 1.82) is 0 Å². The number of thioether (sulfide) groups is 1. The number of carbonyl (C=O) groups excluding carboxylic acids is 1. The van der Waals surface area contributed by atoms with Gasteiger partial charge in [-0.25, -0.2) is 4.98 Å². The van der Waals surface area contributed by atoms with Crippen molar-refractivity contribution < 1.29 is 4.79 Å². The van der Waals surface area contributed by atoms with Crippen molar-refractivity contribution in [3.63, 3.8) is 0 Å². The number of amides is 1. The number of hydrogen-bond acceptors (Lipinski definition) is 3. The molecule has 3 heterocycles. The zero-order valence-electron chi connectivity index (χ0n) is 15.8. The van der Waals surface area contributed by atoms with Crippen LogP contribution in [0.4, 0.5) is 0 Å². The number of fused-ring (bicyclic) bond motifs is 1. The van der Waals surface area contributed by atoms with E-state index in [1.165, 1.54) is 10.9 Å². The van der Waals surface area contributed by atoms with Crippen molar-refractivity contribution in [2.45, 2.75) is 42.8 Å². The van der Waals surface area contributed by atoms with Gasteiger partial charge in [-0.15, -0.1) is 11.8 Å². The Hall–Kier alpha value is -2.27. The molecule has 1 fully saturated rings. The van der Waals surface area contributed by atoms with Gasteiger partial charge in [0, 0.05) is 41.0 Å². The Morgan fingerprint density at radius 1 is 1.19 bits per heavy atom. The number of aromatic amines is 1. The fraction of sp³-hybridized carbons (Fsp3) is 0.364. The fourth-order valence-electron chi connectivity index (χ4n) is 3.88. The summed E-state index contributed by atoms with van der Waals surface area (Å²) in [5, 5.41) is 1.67. The molecule has 4 nitrogen and oxygen atoms in total. The maximum Gasteiger partial charge on any atom is 0.254 e. The predicted molar refractivity (Wildman–Crippen MR) is 111 cm³/mol. The summed E-state index contributed by atoms with van der Waals surface area (Å²) in [6.45, 7) is 5.93. The number of rotatable bonds is 4. The van der Waals surface area contributed by atoms with E-state index in [-0.39, 0.29) is 5.91 Å². The van der Waals surface area contributed by atoms with Crippen LogP contribution in [0.3, 0.4) is 0 Å². The number of pyridine rings is 1. The van der Waals surface area contributed by atoms with Crippen LogP contribution < -0.4 is 0 Å². The number of piperidine rings is 1. The normalized spacial score (nSPS) is 15.6. The van der Waals surface area contributed by atoms with Crippen LogP contribution in [0.5, 0.6) is 0 Å². The van der Waals surface area contributed by atoms with Crippen molar-refractivity contribution in [2.24, 2.45) is 0 Å². The largest absolute Gasteiger partial charge is 0.346 e. The van der Waals surface area contributed by atoms with E-state index in [2.05, 4.69) is 42.1 Å². The average Bonchev–Trinajstić information content (AvgIpc) is 3.12. The molecule has 1 aromatic carbocycles. The number of nitrogens with zero attached hydrogens (tertiary/aromatic N) is 2. The summed E-state index contributed by atoms with van der Waals surface area (Å²) >= 11 is 1.76. The molecule has 1 aliphatic heterocycles. The van der Waals surface area contributed by atoms with Crippen molar-refractivity contribution >= 4 is 28.7 Å². The number of carbonyl (C=O) groups is 1. The van der Waals surface area contributed by atoms with Crippen LogP contribution in [0.15, 0.2) is 53.7 Å². The molecule has 1 saturated heterocycles. The molecule has 27 heavy (non-hydrogen) atoms. The standard InChI is InChI=1S/C22H25N3OS/c1-15(2)27-20-8-4-3-6-18(20)22(26)25-12-9-16(10-13-25)19-14-24-21-17(19)7-5-11-23-21/h3-8,11,14-16H,9-10,12-13H2,1-2H3,(H,23,24). The van der Waals surface area contributed by atoms with Gasteiger partial charge in [-0.05, 0) is 48.6 Å². The first kappa shape index (κ1) is 18.1. The SMILES string of the molecule is CC(C)Sc1ccccc1C(=O)N1CCC(c2c[nH]c3ncccc23)CC1. The highest BCUT2D eigenvalue weighted by atomic mass is 32.2. The van der Waals surface area contributed by atoms with Gasteiger partial charge in [0.15, 0.2) is 0 Å². The third-order valence-electron chi connectivity index (χ3n) is 5.19. The van der Waals surface area contributed by atoms with Gasteiger partial charge in [0.2, 0.25) is 0 Å². The van der Waals surface area contributed by atoms with E-state index in [1.54, 1.807) is 11.8 Å². The Bertz CT molecular complexity index is 941. The average molecular weight is 380 g/mol. The number of hydrogen-bond donors (Lipinski definition) is 1. The van der Waals surface area contributed by atoms with E-state index in [0.717, 1.165) is 42.0 Å². The summed E-state index contributed by atoms with van der Waals surface area (Å²) in [7, 11) is 0. The van der Waals surface area contributed by atoms with Gasteiger partial charge in [0.05, 0.1) is 5.56 Å². The molecule has 0 aliphatic carbocycles. The topological polar surface area (TPSA) is 49.0 Å². The predicted octanol–water partition coefficient (Wildman–Crippen LogP) is 5.08. The molecule has 1 amide bonds. The molecule has 5 heteroatoms. The zero-order chi connectivity index (χ0) is 18.8. The number of aromatic nitrogens is 2. The third kappa shape index (κ3) is 3.74. The van der Waals surface area contributed by atoms with Crippen molar-refractivity contribution in [3.8, 4) is 0 Å². The summed E-state index contributed by atoms with van der Waals surface area (Å²) in [5.41, 5.74) is 3.12. The van der Waals surface area contributed by atoms with Crippen LogP contribution in [0, 0.1) is 0 Å². The summed E-state index contributed by atoms with van der Waals surface area (Å²) in [4.78, 5) is 23.9. The molecule has 3 aromatic rings. The van der Waals surface area contributed by atoms with Crippen LogP contribution in [0.1, 0.15) is 48.5 Å². The van der Waals surface area contributed by atoms with Crippen molar-refractivity contribution in [3.05, 3.63) is 59.9 Å². The molecule has 1 N–H and O–H groups in total. The first-order valence-electron chi connectivity index (χ1n) is 9.60. The highest BCUT2D eigenvalue weighted by Crippen LogP contribution is 2.34. The minimum absolute atomic E-state index is 0.165. The molecule has 0 saturated carbocycles. The van der Waals surface area contributed by atoms with E-state index in [1.807, 2.05) is 35.4 Å². The Morgan fingerprint density at radius 3 is 2.74 bits per heavy atom. The lowest BCUT2D eigenvalue weighted by Gasteiger charge is -2.32. The van der Waals surface area contributed by atoms with Gasteiger partial charge < -0.3 is 9.88 Å². The summed E-state index contributed by atoms with van der Waals surface area (Å²) < 4.78 is 0. The van der Waals surface area contributed by atoms with Crippen LogP contribution in [-0.2, 0) is 0 Å². The van der Waals surface area contributed by atoms with E-state index in [9.17, 15) is 4.79 Å². The highest BCUT2D eigenvalue weighted by molar-refractivity contribution is 8.00. The van der Waals surface area contributed by atoms with Gasteiger partial charge >= 0.3 is 0 Å². The Balaban J connectivity index is 1.47. The molecule has 0 unspecified atom stereocenters. The van der Waals surface area contributed by atoms with Crippen LogP contribution >= 0.6 is 11.8 Å². The molecule has 4 rings (SSSR count). The highest BCUT2D eigenvalue weighted by Gasteiger charge is 2.27. The maximum absolute atomic E-state index is 13.1. The quantitative estimate of drug-likeness (QED) is 0.643. The second-order valence-corrected chi connectivity index (χ2v) is 8.99. The number of benzene rings is 1. The summed E-state index contributed by atoms with van der Waals surface area (Å²) in [6, 6.07) is 12.1. The van der Waals surface area contributed by atoms with Crippen LogP contribution in [0.2, 0.25) is 0 Å². The summed E-state index contributed by atoms with van der Waals surface area (Å²) in [6.07, 6.45) is 5.89. The molecular weight excluding hydrogens is 354 g/mol. The third-order valence-corrected chi connectivity index (χ3v) is 6.27. The van der Waals surface area contributed by atoms with Gasteiger partial charge in [0.1, 0.15) is 5.65 Å². The van der Waals surface area contributed by atoms with Gasteiger partial charge in [-0.2, -0.15) is 0 Å². The molecular formula is C22H25N3OS. The summed E-state index contributed by atoms with van der Waals surface area (Å²) in [5.74, 6) is 0.644.